The average molecular weight is 290 g/mol. The average Bonchev–Trinajstić information content (AvgIpc) is 2.35. The molecular formula is C11H18N2O7. The standard InChI is InChI=1S/C11H18N2O7/c1-11(2,3)9(15)18-7-19-10(16)20-13-8(14)5-4-6-12-17/h4-7H2,1-3H3,(H,13,14). The lowest BCUT2D eigenvalue weighted by atomic mass is 9.98. The Morgan fingerprint density at radius 1 is 1.15 bits per heavy atom. The number of nitrogens with one attached hydrogen (secondary N) is 1. The van der Waals surface area contributed by atoms with Crippen molar-refractivity contribution in [1.82, 2.24) is 5.48 Å². The van der Waals surface area contributed by atoms with Crippen molar-refractivity contribution in [2.75, 3.05) is 13.3 Å². The highest BCUT2D eigenvalue weighted by molar-refractivity contribution is 5.76. The number of carbonyl (C=O) groups is 3. The smallest absolute Gasteiger partial charge is 0.427 e. The van der Waals surface area contributed by atoms with Crippen LogP contribution < -0.4 is 5.48 Å². The van der Waals surface area contributed by atoms with Crippen LogP contribution in [-0.4, -0.2) is 31.4 Å². The highest BCUT2D eigenvalue weighted by Crippen LogP contribution is 2.14. The van der Waals surface area contributed by atoms with E-state index in [0.29, 0.717) is 0 Å². The highest BCUT2D eigenvalue weighted by atomic mass is 16.8. The summed E-state index contributed by atoms with van der Waals surface area (Å²) >= 11 is 0. The molecule has 0 atom stereocenters. The summed E-state index contributed by atoms with van der Waals surface area (Å²) in [5.41, 5.74) is 1.10. The number of nitroso groups, excluding NO2 is 1. The van der Waals surface area contributed by atoms with Gasteiger partial charge >= 0.3 is 12.1 Å². The first kappa shape index (κ1) is 17.8. The number of hydrogen-bond acceptors (Lipinski definition) is 8. The van der Waals surface area contributed by atoms with E-state index in [1.54, 1.807) is 20.8 Å². The lowest BCUT2D eigenvalue weighted by Gasteiger charge is -2.16. The summed E-state index contributed by atoms with van der Waals surface area (Å²) < 4.78 is 9.04. The monoisotopic (exact) mass is 290 g/mol. The maximum atomic E-state index is 11.3. The first-order valence-corrected chi connectivity index (χ1v) is 5.86. The first-order chi connectivity index (χ1) is 9.27. The van der Waals surface area contributed by atoms with Crippen molar-refractivity contribution < 1.29 is 28.7 Å². The molecule has 0 heterocycles. The van der Waals surface area contributed by atoms with Crippen molar-refractivity contribution >= 4 is 18.0 Å². The second kappa shape index (κ2) is 8.83. The molecule has 114 valence electrons. The minimum Gasteiger partial charge on any atom is -0.427 e. The third-order valence-electron chi connectivity index (χ3n) is 1.88. The van der Waals surface area contributed by atoms with Crippen LogP contribution in [-0.2, 0) is 23.9 Å². The Hall–Kier alpha value is -2.19. The molecule has 0 saturated heterocycles. The number of nitrogens with zero attached hydrogens (tertiary/aromatic N) is 1. The van der Waals surface area contributed by atoms with Crippen molar-refractivity contribution in [3.8, 4) is 0 Å². The van der Waals surface area contributed by atoms with Crippen molar-refractivity contribution in [3.05, 3.63) is 4.91 Å². The van der Waals surface area contributed by atoms with Gasteiger partial charge in [-0.1, -0.05) is 5.18 Å². The third-order valence-corrected chi connectivity index (χ3v) is 1.88. The molecule has 0 aliphatic carbocycles. The van der Waals surface area contributed by atoms with Gasteiger partial charge in [-0.15, -0.1) is 0 Å². The van der Waals surface area contributed by atoms with Crippen LogP contribution in [0.1, 0.15) is 33.6 Å². The van der Waals surface area contributed by atoms with Gasteiger partial charge in [-0.25, -0.2) is 4.79 Å². The van der Waals surface area contributed by atoms with Gasteiger partial charge in [0.15, 0.2) is 0 Å². The van der Waals surface area contributed by atoms with E-state index in [1.165, 1.54) is 0 Å². The topological polar surface area (TPSA) is 120 Å². The van der Waals surface area contributed by atoms with E-state index >= 15 is 0 Å². The zero-order valence-corrected chi connectivity index (χ0v) is 11.6. The van der Waals surface area contributed by atoms with Crippen molar-refractivity contribution in [2.45, 2.75) is 33.6 Å². The highest BCUT2D eigenvalue weighted by Gasteiger charge is 2.23. The molecule has 0 unspecified atom stereocenters. The predicted octanol–water partition coefficient (Wildman–Crippen LogP) is 1.26. The molecule has 0 aliphatic rings. The Bertz CT molecular complexity index is 362. The zero-order chi connectivity index (χ0) is 15.6. The van der Waals surface area contributed by atoms with Crippen LogP contribution in [0.4, 0.5) is 4.79 Å². The summed E-state index contributed by atoms with van der Waals surface area (Å²) in [5, 5.41) is 2.57. The minimum atomic E-state index is -1.21. The Morgan fingerprint density at radius 3 is 2.35 bits per heavy atom. The SMILES string of the molecule is CC(C)(C)C(=O)OCOC(=O)ONC(=O)CCCN=O. The van der Waals surface area contributed by atoms with Crippen LogP contribution in [0.15, 0.2) is 5.18 Å². The molecule has 1 amide bonds. The molecule has 1 N–H and O–H groups in total. The molecule has 9 nitrogen and oxygen atoms in total. The van der Waals surface area contributed by atoms with E-state index in [0.717, 1.165) is 0 Å². The summed E-state index contributed by atoms with van der Waals surface area (Å²) in [4.78, 5) is 47.4. The summed E-state index contributed by atoms with van der Waals surface area (Å²) in [6.07, 6.45) is -0.983. The zero-order valence-electron chi connectivity index (χ0n) is 11.6. The van der Waals surface area contributed by atoms with Crippen LogP contribution in [0, 0.1) is 10.3 Å². The van der Waals surface area contributed by atoms with E-state index < -0.39 is 30.2 Å². The Kier molecular flexibility index (Phi) is 7.87. The van der Waals surface area contributed by atoms with Gasteiger partial charge in [0, 0.05) is 6.42 Å². The van der Waals surface area contributed by atoms with E-state index in [1.807, 2.05) is 5.48 Å². The molecule has 0 fully saturated rings. The van der Waals surface area contributed by atoms with Gasteiger partial charge < -0.3 is 14.3 Å². The maximum Gasteiger partial charge on any atom is 0.536 e. The fourth-order valence-electron chi connectivity index (χ4n) is 0.831. The first-order valence-electron chi connectivity index (χ1n) is 5.86. The van der Waals surface area contributed by atoms with Crippen LogP contribution in [0.3, 0.4) is 0 Å². The van der Waals surface area contributed by atoms with Crippen molar-refractivity contribution in [3.63, 3.8) is 0 Å². The minimum absolute atomic E-state index is 0.000616. The van der Waals surface area contributed by atoms with Crippen LogP contribution in [0.5, 0.6) is 0 Å². The van der Waals surface area contributed by atoms with E-state index in [4.69, 9.17) is 0 Å². The number of hydrogen-bond donors (Lipinski definition) is 1. The lowest BCUT2D eigenvalue weighted by molar-refractivity contribution is -0.164. The normalized spacial score (nSPS) is 10.3. The molecule has 0 bridgehead atoms. The molecule has 0 aromatic heterocycles. The number of carbonyl (C=O) groups excluding carboxylic acids is 3. The molecule has 0 saturated carbocycles. The molecule has 0 rings (SSSR count). The summed E-state index contributed by atoms with van der Waals surface area (Å²) in [7, 11) is 0. The van der Waals surface area contributed by atoms with Crippen LogP contribution in [0.25, 0.3) is 0 Å². The lowest BCUT2D eigenvalue weighted by Crippen LogP contribution is -2.29. The molecule has 9 heteroatoms. The largest absolute Gasteiger partial charge is 0.536 e. The van der Waals surface area contributed by atoms with Gasteiger partial charge in [0.25, 0.3) is 5.91 Å². The summed E-state index contributed by atoms with van der Waals surface area (Å²) in [6.45, 7) is 4.31. The predicted molar refractivity (Wildman–Crippen MR) is 66.0 cm³/mol. The fraction of sp³-hybridized carbons (Fsp3) is 0.727. The second-order valence-corrected chi connectivity index (χ2v) is 4.78. The van der Waals surface area contributed by atoms with Crippen LogP contribution in [0.2, 0.25) is 0 Å². The van der Waals surface area contributed by atoms with Gasteiger partial charge in [-0.05, 0) is 27.2 Å². The quantitative estimate of drug-likeness (QED) is 0.257. The molecular weight excluding hydrogens is 272 g/mol. The van der Waals surface area contributed by atoms with E-state index in [2.05, 4.69) is 19.5 Å². The van der Waals surface area contributed by atoms with E-state index in [-0.39, 0.29) is 19.4 Å². The number of amides is 1. The second-order valence-electron chi connectivity index (χ2n) is 4.78. The van der Waals surface area contributed by atoms with E-state index in [9.17, 15) is 19.3 Å². The Morgan fingerprint density at radius 2 is 1.80 bits per heavy atom. The Balaban J connectivity index is 3.72. The number of rotatable bonds is 6. The van der Waals surface area contributed by atoms with Crippen molar-refractivity contribution in [1.29, 1.82) is 0 Å². The summed E-state index contributed by atoms with van der Waals surface area (Å²) in [5.74, 6) is -1.15. The van der Waals surface area contributed by atoms with Gasteiger partial charge in [0.05, 0.1) is 12.0 Å². The molecule has 0 aromatic carbocycles. The maximum absolute atomic E-state index is 11.3. The van der Waals surface area contributed by atoms with Crippen molar-refractivity contribution in [2.24, 2.45) is 10.6 Å². The molecule has 0 spiro atoms. The number of esters is 1. The fourth-order valence-corrected chi connectivity index (χ4v) is 0.831. The molecule has 0 radical (unpaired) electrons. The molecule has 20 heavy (non-hydrogen) atoms. The third kappa shape index (κ3) is 8.84. The molecule has 0 aliphatic heterocycles. The van der Waals surface area contributed by atoms with Gasteiger partial charge in [0.1, 0.15) is 0 Å². The molecule has 0 aromatic rings. The van der Waals surface area contributed by atoms with Crippen LogP contribution >= 0.6 is 0 Å². The van der Waals surface area contributed by atoms with Gasteiger partial charge in [-0.2, -0.15) is 10.4 Å². The summed E-state index contributed by atoms with van der Waals surface area (Å²) in [6, 6.07) is 0. The van der Waals surface area contributed by atoms with Gasteiger partial charge in [-0.3, -0.25) is 9.59 Å². The number of hydroxylamine groups is 1. The van der Waals surface area contributed by atoms with Gasteiger partial charge in [0.2, 0.25) is 6.79 Å². The Labute approximate surface area is 115 Å². The number of ether oxygens (including phenoxy) is 2.